The topological polar surface area (TPSA) is 66.5 Å². The van der Waals surface area contributed by atoms with Gasteiger partial charge in [0, 0.05) is 37.6 Å². The molecule has 0 bridgehead atoms. The van der Waals surface area contributed by atoms with E-state index in [2.05, 4.69) is 5.32 Å². The molecule has 7 heteroatoms. The van der Waals surface area contributed by atoms with Gasteiger partial charge in [-0.25, -0.2) is 12.7 Å². The van der Waals surface area contributed by atoms with Crippen LogP contribution in [0.2, 0.25) is 0 Å². The van der Waals surface area contributed by atoms with Gasteiger partial charge in [-0.15, -0.1) is 0 Å². The molecule has 1 N–H and O–H groups in total. The van der Waals surface area contributed by atoms with Gasteiger partial charge in [0.05, 0.1) is 5.75 Å². The third-order valence-electron chi connectivity index (χ3n) is 2.74. The van der Waals surface area contributed by atoms with Gasteiger partial charge >= 0.3 is 0 Å². The van der Waals surface area contributed by atoms with Gasteiger partial charge in [-0.2, -0.15) is 11.8 Å². The van der Waals surface area contributed by atoms with Gasteiger partial charge in [0.15, 0.2) is 0 Å². The summed E-state index contributed by atoms with van der Waals surface area (Å²) in [6, 6.07) is 0. The fraction of sp³-hybridized carbons (Fsp3) is 0.917. The molecule has 0 saturated carbocycles. The van der Waals surface area contributed by atoms with Gasteiger partial charge in [0.25, 0.3) is 0 Å². The molecule has 0 atom stereocenters. The second kappa shape index (κ2) is 6.95. The van der Waals surface area contributed by atoms with E-state index in [4.69, 9.17) is 0 Å². The van der Waals surface area contributed by atoms with Crippen molar-refractivity contribution in [2.45, 2.75) is 27.2 Å². The van der Waals surface area contributed by atoms with Crippen LogP contribution in [0.3, 0.4) is 0 Å². The maximum absolute atomic E-state index is 12.0. The van der Waals surface area contributed by atoms with Gasteiger partial charge in [0.1, 0.15) is 0 Å². The number of nitrogens with one attached hydrogen (secondary N) is 1. The van der Waals surface area contributed by atoms with Crippen molar-refractivity contribution in [2.75, 3.05) is 36.9 Å². The highest BCUT2D eigenvalue weighted by Gasteiger charge is 2.24. The number of sulfonamides is 1. The first kappa shape index (κ1) is 16.8. The average Bonchev–Trinajstić information content (AvgIpc) is 2.27. The number of carbonyl (C=O) groups is 1. The Morgan fingerprint density at radius 3 is 2.37 bits per heavy atom. The van der Waals surface area contributed by atoms with E-state index in [1.54, 1.807) is 11.8 Å². The smallest absolute Gasteiger partial charge is 0.220 e. The van der Waals surface area contributed by atoms with E-state index in [0.717, 1.165) is 11.5 Å². The van der Waals surface area contributed by atoms with Crippen molar-refractivity contribution in [1.82, 2.24) is 9.62 Å². The summed E-state index contributed by atoms with van der Waals surface area (Å²) in [7, 11) is -3.22. The molecule has 1 aliphatic heterocycles. The molecule has 0 unspecified atom stereocenters. The summed E-state index contributed by atoms with van der Waals surface area (Å²) in [6.45, 7) is 7.31. The van der Waals surface area contributed by atoms with E-state index in [1.807, 2.05) is 20.8 Å². The first-order chi connectivity index (χ1) is 8.71. The molecule has 1 amide bonds. The van der Waals surface area contributed by atoms with Crippen molar-refractivity contribution in [1.29, 1.82) is 0 Å². The zero-order valence-corrected chi connectivity index (χ0v) is 13.6. The first-order valence-corrected chi connectivity index (χ1v) is 9.29. The van der Waals surface area contributed by atoms with Crippen LogP contribution in [0.15, 0.2) is 0 Å². The fourth-order valence-electron chi connectivity index (χ4n) is 1.82. The number of hydrogen-bond donors (Lipinski definition) is 1. The number of hydrogen-bond acceptors (Lipinski definition) is 4. The Labute approximate surface area is 120 Å². The zero-order chi connectivity index (χ0) is 14.5. The molecule has 1 aliphatic rings. The summed E-state index contributed by atoms with van der Waals surface area (Å²) in [6.07, 6.45) is 0.410. The Hall–Kier alpha value is -0.270. The van der Waals surface area contributed by atoms with Gasteiger partial charge in [-0.05, 0) is 5.41 Å². The number of nitrogens with zero attached hydrogens (tertiary/aromatic N) is 1. The van der Waals surface area contributed by atoms with Crippen LogP contribution in [0, 0.1) is 5.41 Å². The molecule has 1 rings (SSSR count). The maximum atomic E-state index is 12.0. The van der Waals surface area contributed by atoms with Crippen molar-refractivity contribution < 1.29 is 13.2 Å². The number of amides is 1. The normalized spacial score (nSPS) is 18.3. The first-order valence-electron chi connectivity index (χ1n) is 6.53. The number of carbonyl (C=O) groups excluding carboxylic acids is 1. The van der Waals surface area contributed by atoms with Crippen molar-refractivity contribution in [2.24, 2.45) is 5.41 Å². The van der Waals surface area contributed by atoms with Gasteiger partial charge in [-0.1, -0.05) is 20.8 Å². The van der Waals surface area contributed by atoms with Gasteiger partial charge in [-0.3, -0.25) is 4.79 Å². The lowest BCUT2D eigenvalue weighted by molar-refractivity contribution is -0.122. The van der Waals surface area contributed by atoms with Crippen LogP contribution in [-0.2, 0) is 14.8 Å². The molecule has 1 fully saturated rings. The minimum Gasteiger partial charge on any atom is -0.355 e. The van der Waals surface area contributed by atoms with Crippen LogP contribution >= 0.6 is 11.8 Å². The van der Waals surface area contributed by atoms with Crippen molar-refractivity contribution in [3.8, 4) is 0 Å². The third kappa shape index (κ3) is 6.63. The van der Waals surface area contributed by atoms with E-state index in [9.17, 15) is 13.2 Å². The van der Waals surface area contributed by atoms with E-state index in [-0.39, 0.29) is 23.6 Å². The molecule has 0 spiro atoms. The summed E-state index contributed by atoms with van der Waals surface area (Å²) >= 11 is 1.77. The molecule has 0 aromatic rings. The van der Waals surface area contributed by atoms with E-state index in [0.29, 0.717) is 19.5 Å². The molecule has 5 nitrogen and oxygen atoms in total. The maximum Gasteiger partial charge on any atom is 0.220 e. The summed E-state index contributed by atoms with van der Waals surface area (Å²) in [4.78, 5) is 11.6. The molecule has 1 saturated heterocycles. The van der Waals surface area contributed by atoms with Crippen LogP contribution in [0.5, 0.6) is 0 Å². The molecule has 1 heterocycles. The SMILES string of the molecule is CC(C)(C)CC(=O)NCCS(=O)(=O)N1CCSCC1. The zero-order valence-electron chi connectivity index (χ0n) is 11.9. The highest BCUT2D eigenvalue weighted by molar-refractivity contribution is 7.99. The lowest BCUT2D eigenvalue weighted by Crippen LogP contribution is -2.42. The molecule has 0 aliphatic carbocycles. The highest BCUT2D eigenvalue weighted by Crippen LogP contribution is 2.17. The van der Waals surface area contributed by atoms with E-state index in [1.165, 1.54) is 4.31 Å². The standard InChI is InChI=1S/C12H24N2O3S2/c1-12(2,3)10-11(15)13-4-9-19(16,17)14-5-7-18-8-6-14/h4-10H2,1-3H3,(H,13,15). The van der Waals surface area contributed by atoms with Gasteiger partial charge in [0.2, 0.25) is 15.9 Å². The average molecular weight is 308 g/mol. The summed E-state index contributed by atoms with van der Waals surface area (Å²) in [5.74, 6) is 1.62. The summed E-state index contributed by atoms with van der Waals surface area (Å²) < 4.78 is 25.6. The Bertz CT molecular complexity index is 396. The Morgan fingerprint density at radius 2 is 1.84 bits per heavy atom. The molecule has 0 aromatic carbocycles. The van der Waals surface area contributed by atoms with Crippen molar-refractivity contribution in [3.63, 3.8) is 0 Å². The minimum absolute atomic E-state index is 0.00640. The molecular formula is C12H24N2O3S2. The molecule has 0 aromatic heterocycles. The second-order valence-electron chi connectivity index (χ2n) is 5.91. The van der Waals surface area contributed by atoms with Gasteiger partial charge < -0.3 is 5.32 Å². The summed E-state index contributed by atoms with van der Waals surface area (Å²) in [5, 5.41) is 2.68. The Balaban J connectivity index is 2.33. The van der Waals surface area contributed by atoms with Crippen LogP contribution in [0.4, 0.5) is 0 Å². The number of rotatable bonds is 5. The molecule has 112 valence electrons. The van der Waals surface area contributed by atoms with Crippen molar-refractivity contribution in [3.05, 3.63) is 0 Å². The largest absolute Gasteiger partial charge is 0.355 e. The number of thioether (sulfide) groups is 1. The van der Waals surface area contributed by atoms with E-state index < -0.39 is 10.0 Å². The lowest BCUT2D eigenvalue weighted by Gasteiger charge is -2.25. The Morgan fingerprint density at radius 1 is 1.26 bits per heavy atom. The van der Waals surface area contributed by atoms with Crippen LogP contribution in [0.1, 0.15) is 27.2 Å². The van der Waals surface area contributed by atoms with Crippen LogP contribution < -0.4 is 5.32 Å². The third-order valence-corrected chi connectivity index (χ3v) is 5.55. The summed E-state index contributed by atoms with van der Waals surface area (Å²) in [5.41, 5.74) is -0.0763. The second-order valence-corrected chi connectivity index (χ2v) is 9.23. The lowest BCUT2D eigenvalue weighted by atomic mass is 9.92. The predicted octanol–water partition coefficient (Wildman–Crippen LogP) is 0.917. The fourth-order valence-corrected chi connectivity index (χ4v) is 4.31. The molecule has 0 radical (unpaired) electrons. The highest BCUT2D eigenvalue weighted by atomic mass is 32.2. The van der Waals surface area contributed by atoms with Crippen LogP contribution in [0.25, 0.3) is 0 Å². The van der Waals surface area contributed by atoms with Crippen LogP contribution in [-0.4, -0.2) is 55.5 Å². The predicted molar refractivity (Wildman–Crippen MR) is 79.8 cm³/mol. The van der Waals surface area contributed by atoms with Crippen molar-refractivity contribution >= 4 is 27.7 Å². The van der Waals surface area contributed by atoms with E-state index >= 15 is 0 Å². The molecular weight excluding hydrogens is 284 g/mol. The monoisotopic (exact) mass is 308 g/mol. The Kier molecular flexibility index (Phi) is 6.14. The minimum atomic E-state index is -3.22. The molecule has 19 heavy (non-hydrogen) atoms. The quantitative estimate of drug-likeness (QED) is 0.820.